The summed E-state index contributed by atoms with van der Waals surface area (Å²) in [5, 5.41) is 6.03. The second kappa shape index (κ2) is 9.37. The maximum Gasteiger partial charge on any atom is 0.225 e. The molecule has 0 aliphatic rings. The number of nitrogens with zero attached hydrogens (tertiary/aromatic N) is 2. The summed E-state index contributed by atoms with van der Waals surface area (Å²) in [6.45, 7) is 15.1. The molecule has 0 aliphatic carbocycles. The van der Waals surface area contributed by atoms with Gasteiger partial charge >= 0.3 is 0 Å². The first kappa shape index (κ1) is 23.5. The fourth-order valence-electron chi connectivity index (χ4n) is 2.79. The number of pyridine rings is 2. The van der Waals surface area contributed by atoms with Crippen molar-refractivity contribution >= 4 is 11.8 Å². The van der Waals surface area contributed by atoms with Crippen molar-refractivity contribution in [2.24, 2.45) is 10.8 Å². The number of nitrogens with one attached hydrogen (secondary N) is 2. The minimum atomic E-state index is -0.425. The lowest BCUT2D eigenvalue weighted by Gasteiger charge is -2.18. The lowest BCUT2D eigenvalue weighted by Crippen LogP contribution is -2.38. The van der Waals surface area contributed by atoms with Crippen LogP contribution in [0.15, 0.2) is 36.9 Å². The molecule has 0 spiro atoms. The Bertz CT molecular complexity index is 908. The van der Waals surface area contributed by atoms with E-state index in [2.05, 4.69) is 32.4 Å². The zero-order chi connectivity index (χ0) is 22.5. The highest BCUT2D eigenvalue weighted by molar-refractivity contribution is 5.81. The summed E-state index contributed by atoms with van der Waals surface area (Å²) in [7, 11) is 0. The maximum absolute atomic E-state index is 12.2. The summed E-state index contributed by atoms with van der Waals surface area (Å²) in [5.74, 6) is 0.0477. The number of carbonyl (C=O) groups excluding carboxylic acids is 2. The first-order valence-electron chi connectivity index (χ1n) is 10.3. The lowest BCUT2D eigenvalue weighted by molar-refractivity contribution is -0.688. The highest BCUT2D eigenvalue weighted by Crippen LogP contribution is 2.15. The standard InChI is InChI=1S/C24H34N4O2/c1-17-9-11-28(15-19(17)14-27-22(30)24(5,6)7)16-20-12-25-10-8-18(20)13-26-21(29)23(2,3)4/h8-12,15H,13-14,16H2,1-7H3,(H-,26,27,29,30)/p+1. The Morgan fingerprint density at radius 3 is 2.03 bits per heavy atom. The van der Waals surface area contributed by atoms with Gasteiger partial charge in [0, 0.05) is 53.5 Å². The highest BCUT2D eigenvalue weighted by Gasteiger charge is 2.22. The average molecular weight is 412 g/mol. The van der Waals surface area contributed by atoms with Crippen LogP contribution in [0.5, 0.6) is 0 Å². The van der Waals surface area contributed by atoms with E-state index in [1.165, 1.54) is 0 Å². The molecule has 0 aromatic carbocycles. The molecule has 2 amide bonds. The molecule has 2 aromatic rings. The predicted octanol–water partition coefficient (Wildman–Crippen LogP) is 3.05. The van der Waals surface area contributed by atoms with Gasteiger partial charge in [-0.25, -0.2) is 4.57 Å². The zero-order valence-electron chi connectivity index (χ0n) is 19.3. The van der Waals surface area contributed by atoms with Gasteiger partial charge in [0.25, 0.3) is 0 Å². The van der Waals surface area contributed by atoms with Crippen molar-refractivity contribution in [1.29, 1.82) is 0 Å². The number of amides is 2. The molecule has 0 radical (unpaired) electrons. The average Bonchev–Trinajstić information content (AvgIpc) is 2.65. The Morgan fingerprint density at radius 1 is 0.900 bits per heavy atom. The molecule has 2 aromatic heterocycles. The van der Waals surface area contributed by atoms with Crippen molar-refractivity contribution in [1.82, 2.24) is 15.6 Å². The fraction of sp³-hybridized carbons (Fsp3) is 0.500. The molecule has 0 saturated heterocycles. The lowest BCUT2D eigenvalue weighted by atomic mass is 9.95. The smallest absolute Gasteiger partial charge is 0.225 e. The Labute approximate surface area is 180 Å². The van der Waals surface area contributed by atoms with Crippen LogP contribution in [-0.4, -0.2) is 16.8 Å². The van der Waals surface area contributed by atoms with Crippen LogP contribution >= 0.6 is 0 Å². The molecule has 2 heterocycles. The van der Waals surface area contributed by atoms with E-state index in [9.17, 15) is 9.59 Å². The Balaban J connectivity index is 2.13. The molecular formula is C24H35N4O2+. The number of aromatic nitrogens is 2. The summed E-state index contributed by atoms with van der Waals surface area (Å²) in [5.41, 5.74) is 3.45. The van der Waals surface area contributed by atoms with Crippen LogP contribution in [0.1, 0.15) is 63.8 Å². The minimum Gasteiger partial charge on any atom is -0.352 e. The molecule has 0 saturated carbocycles. The molecule has 0 fully saturated rings. The van der Waals surface area contributed by atoms with E-state index < -0.39 is 10.8 Å². The van der Waals surface area contributed by atoms with Gasteiger partial charge in [0.1, 0.15) is 0 Å². The predicted molar refractivity (Wildman–Crippen MR) is 117 cm³/mol. The van der Waals surface area contributed by atoms with Gasteiger partial charge in [-0.3, -0.25) is 14.6 Å². The molecule has 0 bridgehead atoms. The van der Waals surface area contributed by atoms with Crippen molar-refractivity contribution < 1.29 is 14.2 Å². The monoisotopic (exact) mass is 411 g/mol. The first-order chi connectivity index (χ1) is 13.9. The second-order valence-corrected chi connectivity index (χ2v) is 9.84. The number of carbonyl (C=O) groups is 2. The number of aryl methyl sites for hydroxylation is 1. The summed E-state index contributed by atoms with van der Waals surface area (Å²) in [6.07, 6.45) is 7.67. The van der Waals surface area contributed by atoms with Crippen molar-refractivity contribution in [2.75, 3.05) is 0 Å². The van der Waals surface area contributed by atoms with Crippen LogP contribution in [0.25, 0.3) is 0 Å². The van der Waals surface area contributed by atoms with Gasteiger partial charge in [-0.1, -0.05) is 41.5 Å². The molecular weight excluding hydrogens is 376 g/mol. The Kier molecular flexibility index (Phi) is 7.34. The largest absolute Gasteiger partial charge is 0.352 e. The SMILES string of the molecule is Cc1cc[n+](Cc2cnccc2CNC(=O)C(C)(C)C)cc1CNC(=O)C(C)(C)C. The second-order valence-electron chi connectivity index (χ2n) is 9.84. The van der Waals surface area contributed by atoms with Gasteiger partial charge in [0.15, 0.2) is 18.9 Å². The van der Waals surface area contributed by atoms with E-state index in [0.717, 1.165) is 22.3 Å². The van der Waals surface area contributed by atoms with Crippen LogP contribution in [0.3, 0.4) is 0 Å². The molecule has 6 nitrogen and oxygen atoms in total. The van der Waals surface area contributed by atoms with E-state index in [-0.39, 0.29) is 11.8 Å². The van der Waals surface area contributed by atoms with Crippen molar-refractivity contribution in [3.8, 4) is 0 Å². The van der Waals surface area contributed by atoms with Crippen molar-refractivity contribution in [2.45, 2.75) is 68.1 Å². The first-order valence-corrected chi connectivity index (χ1v) is 10.3. The van der Waals surface area contributed by atoms with Crippen LogP contribution in [0, 0.1) is 17.8 Å². The third-order valence-electron chi connectivity index (χ3n) is 4.94. The van der Waals surface area contributed by atoms with Gasteiger partial charge in [0.2, 0.25) is 11.8 Å². The molecule has 0 aliphatic heterocycles. The van der Waals surface area contributed by atoms with E-state index >= 15 is 0 Å². The summed E-state index contributed by atoms with van der Waals surface area (Å²) in [6, 6.07) is 3.99. The number of hydrogen-bond donors (Lipinski definition) is 2. The number of rotatable bonds is 6. The number of hydrogen-bond acceptors (Lipinski definition) is 3. The van der Waals surface area contributed by atoms with Crippen LogP contribution in [-0.2, 0) is 29.2 Å². The molecule has 30 heavy (non-hydrogen) atoms. The van der Waals surface area contributed by atoms with Crippen molar-refractivity contribution in [3.63, 3.8) is 0 Å². The topological polar surface area (TPSA) is 75.0 Å². The quantitative estimate of drug-likeness (QED) is 0.718. The zero-order valence-corrected chi connectivity index (χ0v) is 19.3. The molecule has 0 atom stereocenters. The Hall–Kier alpha value is -2.76. The molecule has 2 N–H and O–H groups in total. The van der Waals surface area contributed by atoms with Crippen molar-refractivity contribution in [3.05, 3.63) is 59.2 Å². The van der Waals surface area contributed by atoms with Gasteiger partial charge < -0.3 is 10.6 Å². The van der Waals surface area contributed by atoms with Crippen LogP contribution < -0.4 is 15.2 Å². The highest BCUT2D eigenvalue weighted by atomic mass is 16.2. The summed E-state index contributed by atoms with van der Waals surface area (Å²) >= 11 is 0. The maximum atomic E-state index is 12.2. The van der Waals surface area contributed by atoms with E-state index in [4.69, 9.17) is 0 Å². The molecule has 2 rings (SSSR count). The summed E-state index contributed by atoms with van der Waals surface area (Å²) < 4.78 is 2.08. The van der Waals surface area contributed by atoms with Gasteiger partial charge in [-0.15, -0.1) is 0 Å². The van der Waals surface area contributed by atoms with Crippen LogP contribution in [0.4, 0.5) is 0 Å². The van der Waals surface area contributed by atoms with Gasteiger partial charge in [-0.2, -0.15) is 0 Å². The van der Waals surface area contributed by atoms with E-state index in [0.29, 0.717) is 19.6 Å². The van der Waals surface area contributed by atoms with E-state index in [1.54, 1.807) is 6.20 Å². The van der Waals surface area contributed by atoms with Gasteiger partial charge in [0.05, 0.1) is 0 Å². The van der Waals surface area contributed by atoms with Gasteiger partial charge in [-0.05, 0) is 24.1 Å². The van der Waals surface area contributed by atoms with E-state index in [1.807, 2.05) is 66.9 Å². The normalized spacial score (nSPS) is 11.8. The third-order valence-corrected chi connectivity index (χ3v) is 4.94. The molecule has 162 valence electrons. The van der Waals surface area contributed by atoms with Crippen LogP contribution in [0.2, 0.25) is 0 Å². The fourth-order valence-corrected chi connectivity index (χ4v) is 2.79. The Morgan fingerprint density at radius 2 is 1.47 bits per heavy atom. The molecule has 0 unspecified atom stereocenters. The minimum absolute atomic E-state index is 0.0186. The summed E-state index contributed by atoms with van der Waals surface area (Å²) in [4.78, 5) is 28.7. The third kappa shape index (κ3) is 6.65. The molecule has 6 heteroatoms.